The fraction of sp³-hybridized carbons (Fsp3) is 0.333. The van der Waals surface area contributed by atoms with E-state index in [4.69, 9.17) is 11.6 Å². The Morgan fingerprint density at radius 3 is 2.81 bits per heavy atom. The second-order valence-corrected chi connectivity index (χ2v) is 7.28. The van der Waals surface area contributed by atoms with Gasteiger partial charge in [-0.25, -0.2) is 0 Å². The standard InChI is InChI=1S/C9H9BrClN3S2/c1-14(4-6-2-3-8(10)15-6)5-7-9(11)16-13-12-7/h2-3H,4-5H2,1H3. The molecule has 0 aliphatic heterocycles. The Bertz CT molecular complexity index is 471. The third kappa shape index (κ3) is 3.24. The number of halogens is 2. The van der Waals surface area contributed by atoms with Gasteiger partial charge < -0.3 is 0 Å². The van der Waals surface area contributed by atoms with Gasteiger partial charge in [0.25, 0.3) is 0 Å². The lowest BCUT2D eigenvalue weighted by Crippen LogP contribution is -2.16. The van der Waals surface area contributed by atoms with Crippen LogP contribution in [0.15, 0.2) is 15.9 Å². The summed E-state index contributed by atoms with van der Waals surface area (Å²) >= 11 is 12.4. The van der Waals surface area contributed by atoms with Crippen LogP contribution in [0.4, 0.5) is 0 Å². The molecule has 0 fully saturated rings. The molecule has 7 heteroatoms. The van der Waals surface area contributed by atoms with Gasteiger partial charge in [-0.3, -0.25) is 4.90 Å². The molecule has 0 unspecified atom stereocenters. The number of rotatable bonds is 4. The van der Waals surface area contributed by atoms with E-state index >= 15 is 0 Å². The first-order valence-electron chi connectivity index (χ1n) is 4.54. The maximum atomic E-state index is 5.95. The molecular formula is C9H9BrClN3S2. The highest BCUT2D eigenvalue weighted by molar-refractivity contribution is 9.11. The van der Waals surface area contributed by atoms with Crippen LogP contribution >= 0.6 is 50.4 Å². The van der Waals surface area contributed by atoms with Crippen LogP contribution in [-0.4, -0.2) is 21.5 Å². The molecule has 86 valence electrons. The van der Waals surface area contributed by atoms with Crippen molar-refractivity contribution in [3.8, 4) is 0 Å². The predicted molar refractivity (Wildman–Crippen MR) is 72.1 cm³/mol. The average molecular weight is 339 g/mol. The maximum absolute atomic E-state index is 5.95. The summed E-state index contributed by atoms with van der Waals surface area (Å²) in [5.41, 5.74) is 0.852. The van der Waals surface area contributed by atoms with Gasteiger partial charge in [0.15, 0.2) is 0 Å². The topological polar surface area (TPSA) is 29.0 Å². The molecule has 0 aromatic carbocycles. The molecule has 0 N–H and O–H groups in total. The van der Waals surface area contributed by atoms with E-state index in [2.05, 4.69) is 42.5 Å². The first-order chi connectivity index (χ1) is 7.65. The van der Waals surface area contributed by atoms with Crippen LogP contribution in [0.25, 0.3) is 0 Å². The van der Waals surface area contributed by atoms with Crippen LogP contribution in [0.3, 0.4) is 0 Å². The van der Waals surface area contributed by atoms with Gasteiger partial charge in [-0.2, -0.15) is 0 Å². The predicted octanol–water partition coefficient (Wildman–Crippen LogP) is 3.65. The molecule has 0 atom stereocenters. The molecule has 0 aliphatic rings. The number of hydrogen-bond acceptors (Lipinski definition) is 5. The van der Waals surface area contributed by atoms with Gasteiger partial charge in [0.2, 0.25) is 0 Å². The van der Waals surface area contributed by atoms with Crippen LogP contribution in [0.1, 0.15) is 10.6 Å². The summed E-state index contributed by atoms with van der Waals surface area (Å²) in [4.78, 5) is 3.48. The molecule has 0 aliphatic carbocycles. The van der Waals surface area contributed by atoms with E-state index in [1.165, 1.54) is 16.4 Å². The Balaban J connectivity index is 1.94. The summed E-state index contributed by atoms with van der Waals surface area (Å²) in [6.45, 7) is 1.62. The zero-order valence-corrected chi connectivity index (χ0v) is 12.5. The van der Waals surface area contributed by atoms with Crippen molar-refractivity contribution in [2.45, 2.75) is 13.1 Å². The minimum absolute atomic E-state index is 0.680. The van der Waals surface area contributed by atoms with Crippen molar-refractivity contribution in [1.82, 2.24) is 14.5 Å². The normalized spacial score (nSPS) is 11.2. The lowest BCUT2D eigenvalue weighted by Gasteiger charge is -2.13. The summed E-state index contributed by atoms with van der Waals surface area (Å²) in [6, 6.07) is 4.18. The van der Waals surface area contributed by atoms with Crippen LogP contribution in [-0.2, 0) is 13.1 Å². The number of hydrogen-bond donors (Lipinski definition) is 0. The lowest BCUT2D eigenvalue weighted by atomic mass is 10.4. The summed E-state index contributed by atoms with van der Waals surface area (Å²) in [5.74, 6) is 0. The summed E-state index contributed by atoms with van der Waals surface area (Å²) in [7, 11) is 2.04. The van der Waals surface area contributed by atoms with Crippen molar-refractivity contribution in [3.63, 3.8) is 0 Å². The minimum atomic E-state index is 0.680. The van der Waals surface area contributed by atoms with E-state index in [9.17, 15) is 0 Å². The van der Waals surface area contributed by atoms with E-state index in [0.717, 1.165) is 22.6 Å². The Morgan fingerprint density at radius 2 is 2.25 bits per heavy atom. The van der Waals surface area contributed by atoms with Crippen molar-refractivity contribution in [3.05, 3.63) is 30.8 Å². The number of aromatic nitrogens is 2. The van der Waals surface area contributed by atoms with E-state index in [0.29, 0.717) is 4.34 Å². The molecule has 3 nitrogen and oxygen atoms in total. The van der Waals surface area contributed by atoms with Crippen LogP contribution < -0.4 is 0 Å². The zero-order chi connectivity index (χ0) is 11.5. The van der Waals surface area contributed by atoms with E-state index in [1.807, 2.05) is 7.05 Å². The van der Waals surface area contributed by atoms with Crippen molar-refractivity contribution >= 4 is 50.4 Å². The molecule has 0 saturated heterocycles. The molecular weight excluding hydrogens is 330 g/mol. The van der Waals surface area contributed by atoms with E-state index in [1.54, 1.807) is 11.3 Å². The summed E-state index contributed by atoms with van der Waals surface area (Å²) in [6.07, 6.45) is 0. The lowest BCUT2D eigenvalue weighted by molar-refractivity contribution is 0.318. The summed E-state index contributed by atoms with van der Waals surface area (Å²) < 4.78 is 5.65. The van der Waals surface area contributed by atoms with E-state index in [-0.39, 0.29) is 0 Å². The molecule has 0 bridgehead atoms. The molecule has 0 amide bonds. The fourth-order valence-electron chi connectivity index (χ4n) is 1.31. The van der Waals surface area contributed by atoms with Crippen LogP contribution in [0, 0.1) is 0 Å². The SMILES string of the molecule is CN(Cc1ccc(Br)s1)Cc1nnsc1Cl. The van der Waals surface area contributed by atoms with Crippen LogP contribution in [0.2, 0.25) is 4.34 Å². The molecule has 2 aromatic rings. The van der Waals surface area contributed by atoms with Crippen molar-refractivity contribution in [2.75, 3.05) is 7.05 Å². The molecule has 2 heterocycles. The third-order valence-electron chi connectivity index (χ3n) is 1.98. The first kappa shape index (κ1) is 12.4. The Hall–Kier alpha value is -0.0100. The first-order valence-corrected chi connectivity index (χ1v) is 7.30. The number of nitrogens with zero attached hydrogens (tertiary/aromatic N) is 3. The molecule has 0 saturated carbocycles. The molecule has 16 heavy (non-hydrogen) atoms. The second-order valence-electron chi connectivity index (χ2n) is 3.37. The Morgan fingerprint density at radius 1 is 1.44 bits per heavy atom. The van der Waals surface area contributed by atoms with Gasteiger partial charge in [0.1, 0.15) is 10.0 Å². The largest absolute Gasteiger partial charge is 0.295 e. The van der Waals surface area contributed by atoms with Gasteiger partial charge in [0.05, 0.1) is 3.79 Å². The smallest absolute Gasteiger partial charge is 0.138 e. The van der Waals surface area contributed by atoms with Crippen molar-refractivity contribution < 1.29 is 0 Å². The molecule has 2 aromatic heterocycles. The Kier molecular flexibility index (Phi) is 4.32. The number of thiophene rings is 1. The fourth-order valence-corrected chi connectivity index (χ4v) is 3.48. The Labute approximate surface area is 115 Å². The highest BCUT2D eigenvalue weighted by atomic mass is 79.9. The quantitative estimate of drug-likeness (QED) is 0.852. The minimum Gasteiger partial charge on any atom is -0.295 e. The summed E-state index contributed by atoms with van der Waals surface area (Å²) in [5, 5.41) is 3.99. The molecule has 0 radical (unpaired) electrons. The van der Waals surface area contributed by atoms with Gasteiger partial charge >= 0.3 is 0 Å². The van der Waals surface area contributed by atoms with E-state index < -0.39 is 0 Å². The highest BCUT2D eigenvalue weighted by Crippen LogP contribution is 2.24. The van der Waals surface area contributed by atoms with Crippen LogP contribution in [0.5, 0.6) is 0 Å². The second kappa shape index (κ2) is 5.55. The van der Waals surface area contributed by atoms with Gasteiger partial charge in [-0.15, -0.1) is 16.4 Å². The van der Waals surface area contributed by atoms with Gasteiger partial charge in [0, 0.05) is 29.5 Å². The maximum Gasteiger partial charge on any atom is 0.138 e. The zero-order valence-electron chi connectivity index (χ0n) is 8.48. The molecule has 0 spiro atoms. The van der Waals surface area contributed by atoms with Crippen molar-refractivity contribution in [2.24, 2.45) is 0 Å². The average Bonchev–Trinajstić information content (AvgIpc) is 2.77. The van der Waals surface area contributed by atoms with Crippen molar-refractivity contribution in [1.29, 1.82) is 0 Å². The third-order valence-corrected chi connectivity index (χ3v) is 4.58. The van der Waals surface area contributed by atoms with Gasteiger partial charge in [-0.1, -0.05) is 16.1 Å². The monoisotopic (exact) mass is 337 g/mol. The van der Waals surface area contributed by atoms with Gasteiger partial charge in [-0.05, 0) is 35.1 Å². The molecule has 2 rings (SSSR count). The highest BCUT2D eigenvalue weighted by Gasteiger charge is 2.09.